The van der Waals surface area contributed by atoms with Crippen LogP contribution in [0.5, 0.6) is 0 Å². The first-order valence-corrected chi connectivity index (χ1v) is 9.39. The van der Waals surface area contributed by atoms with Crippen LogP contribution in [0.25, 0.3) is 0 Å². The molecular formula is C17H29N3O2S. The predicted molar refractivity (Wildman–Crippen MR) is 94.7 cm³/mol. The summed E-state index contributed by atoms with van der Waals surface area (Å²) >= 11 is 1.77. The molecule has 0 spiro atoms. The molecule has 2 heterocycles. The van der Waals surface area contributed by atoms with E-state index in [1.807, 2.05) is 0 Å². The maximum atomic E-state index is 12.1. The van der Waals surface area contributed by atoms with E-state index in [1.165, 1.54) is 9.75 Å². The Morgan fingerprint density at radius 1 is 1.26 bits per heavy atom. The third kappa shape index (κ3) is 5.57. The number of aliphatic hydroxyl groups excluding tert-OH is 1. The van der Waals surface area contributed by atoms with E-state index in [0.717, 1.165) is 39.0 Å². The molecule has 1 fully saturated rings. The van der Waals surface area contributed by atoms with Gasteiger partial charge in [0, 0.05) is 42.0 Å². The quantitative estimate of drug-likeness (QED) is 0.750. The van der Waals surface area contributed by atoms with Crippen molar-refractivity contribution in [3.8, 4) is 0 Å². The summed E-state index contributed by atoms with van der Waals surface area (Å²) in [6.07, 6.45) is 2.02. The molecule has 5 nitrogen and oxygen atoms in total. The molecule has 6 heteroatoms. The van der Waals surface area contributed by atoms with E-state index in [1.54, 1.807) is 11.3 Å². The molecule has 2 N–H and O–H groups in total. The van der Waals surface area contributed by atoms with Gasteiger partial charge < -0.3 is 10.4 Å². The molecule has 1 aromatic heterocycles. The summed E-state index contributed by atoms with van der Waals surface area (Å²) in [6.45, 7) is 9.21. The zero-order valence-electron chi connectivity index (χ0n) is 14.3. The zero-order chi connectivity index (χ0) is 16.7. The highest BCUT2D eigenvalue weighted by atomic mass is 32.1. The number of nitrogens with one attached hydrogen (secondary N) is 1. The van der Waals surface area contributed by atoms with Crippen LogP contribution in [0.1, 0.15) is 30.0 Å². The van der Waals surface area contributed by atoms with Crippen molar-refractivity contribution in [1.82, 2.24) is 15.1 Å². The average molecular weight is 340 g/mol. The van der Waals surface area contributed by atoms with Crippen LogP contribution in [-0.4, -0.2) is 66.2 Å². The summed E-state index contributed by atoms with van der Waals surface area (Å²) in [4.78, 5) is 19.2. The SMILES string of the molecule is CCc1ccc(CNC(=O)CN2CCN(C(CC)CO)CC2)s1. The van der Waals surface area contributed by atoms with Gasteiger partial charge in [0.15, 0.2) is 0 Å². The summed E-state index contributed by atoms with van der Waals surface area (Å²) in [7, 11) is 0. The average Bonchev–Trinajstić information content (AvgIpc) is 3.04. The Hall–Kier alpha value is -0.950. The van der Waals surface area contributed by atoms with Gasteiger partial charge in [-0.25, -0.2) is 0 Å². The fourth-order valence-electron chi connectivity index (χ4n) is 2.94. The molecule has 0 saturated carbocycles. The first-order chi connectivity index (χ1) is 11.2. The second-order valence-electron chi connectivity index (χ2n) is 6.06. The number of hydrogen-bond donors (Lipinski definition) is 2. The van der Waals surface area contributed by atoms with Crippen molar-refractivity contribution in [2.75, 3.05) is 39.3 Å². The van der Waals surface area contributed by atoms with Gasteiger partial charge in [0.1, 0.15) is 0 Å². The summed E-state index contributed by atoms with van der Waals surface area (Å²) < 4.78 is 0. The number of nitrogens with zero attached hydrogens (tertiary/aromatic N) is 2. The van der Waals surface area contributed by atoms with Gasteiger partial charge >= 0.3 is 0 Å². The Morgan fingerprint density at radius 3 is 2.52 bits per heavy atom. The van der Waals surface area contributed by atoms with Crippen molar-refractivity contribution in [1.29, 1.82) is 0 Å². The number of carbonyl (C=O) groups excluding carboxylic acids is 1. The van der Waals surface area contributed by atoms with E-state index in [9.17, 15) is 9.90 Å². The third-order valence-electron chi connectivity index (χ3n) is 4.50. The lowest BCUT2D eigenvalue weighted by atomic mass is 10.1. The molecule has 2 rings (SSSR count). The standard InChI is InChI=1S/C17H29N3O2S/c1-3-14(13-21)20-9-7-19(8-10-20)12-17(22)18-11-16-6-5-15(4-2)23-16/h5-6,14,21H,3-4,7-13H2,1-2H3,(H,18,22). The minimum absolute atomic E-state index is 0.0964. The smallest absolute Gasteiger partial charge is 0.234 e. The molecule has 0 radical (unpaired) electrons. The fourth-order valence-corrected chi connectivity index (χ4v) is 3.84. The maximum absolute atomic E-state index is 12.1. The molecule has 1 aliphatic heterocycles. The molecule has 0 aliphatic carbocycles. The van der Waals surface area contributed by atoms with Gasteiger partial charge in [-0.1, -0.05) is 13.8 Å². The number of carbonyl (C=O) groups is 1. The van der Waals surface area contributed by atoms with Gasteiger partial charge in [0.05, 0.1) is 19.7 Å². The number of hydrogen-bond acceptors (Lipinski definition) is 5. The van der Waals surface area contributed by atoms with Gasteiger partial charge in [-0.3, -0.25) is 14.6 Å². The third-order valence-corrected chi connectivity index (χ3v) is 5.73. The lowest BCUT2D eigenvalue weighted by Gasteiger charge is -2.38. The molecular weight excluding hydrogens is 310 g/mol. The number of amides is 1. The Labute approximate surface area is 143 Å². The minimum atomic E-state index is 0.0964. The molecule has 23 heavy (non-hydrogen) atoms. The number of aliphatic hydroxyl groups is 1. The van der Waals surface area contributed by atoms with Crippen LogP contribution < -0.4 is 5.32 Å². The summed E-state index contributed by atoms with van der Waals surface area (Å²) in [5, 5.41) is 12.4. The predicted octanol–water partition coefficient (Wildman–Crippen LogP) is 1.32. The molecule has 1 aromatic rings. The first-order valence-electron chi connectivity index (χ1n) is 8.57. The molecule has 1 atom stereocenters. The summed E-state index contributed by atoms with van der Waals surface area (Å²) in [6, 6.07) is 4.50. The van der Waals surface area contributed by atoms with Gasteiger partial charge in [0.2, 0.25) is 5.91 Å². The highest BCUT2D eigenvalue weighted by Crippen LogP contribution is 2.16. The van der Waals surface area contributed by atoms with Crippen LogP contribution >= 0.6 is 11.3 Å². The largest absolute Gasteiger partial charge is 0.395 e. The van der Waals surface area contributed by atoms with Crippen LogP contribution in [0.15, 0.2) is 12.1 Å². The van der Waals surface area contributed by atoms with Crippen molar-refractivity contribution >= 4 is 17.2 Å². The van der Waals surface area contributed by atoms with Gasteiger partial charge in [-0.2, -0.15) is 0 Å². The van der Waals surface area contributed by atoms with Crippen molar-refractivity contribution in [2.24, 2.45) is 0 Å². The second kappa shape index (κ2) is 9.37. The Kier molecular flexibility index (Phi) is 7.49. The zero-order valence-corrected chi connectivity index (χ0v) is 15.1. The maximum Gasteiger partial charge on any atom is 0.234 e. The highest BCUT2D eigenvalue weighted by molar-refractivity contribution is 7.11. The molecule has 130 valence electrons. The van der Waals surface area contributed by atoms with Gasteiger partial charge in [-0.05, 0) is 25.0 Å². The molecule has 1 amide bonds. The van der Waals surface area contributed by atoms with E-state index in [-0.39, 0.29) is 18.6 Å². The lowest BCUT2D eigenvalue weighted by molar-refractivity contribution is -0.122. The van der Waals surface area contributed by atoms with E-state index in [0.29, 0.717) is 13.1 Å². The van der Waals surface area contributed by atoms with Crippen molar-refractivity contribution in [3.05, 3.63) is 21.9 Å². The number of piperazine rings is 1. The van der Waals surface area contributed by atoms with Crippen LogP contribution in [0.4, 0.5) is 0 Å². The lowest BCUT2D eigenvalue weighted by Crippen LogP contribution is -2.53. The van der Waals surface area contributed by atoms with E-state index in [2.05, 4.69) is 41.1 Å². The van der Waals surface area contributed by atoms with Gasteiger partial charge in [-0.15, -0.1) is 11.3 Å². The highest BCUT2D eigenvalue weighted by Gasteiger charge is 2.23. The van der Waals surface area contributed by atoms with Crippen molar-refractivity contribution < 1.29 is 9.90 Å². The number of rotatable bonds is 8. The molecule has 0 bridgehead atoms. The van der Waals surface area contributed by atoms with Crippen LogP contribution in [0, 0.1) is 0 Å². The van der Waals surface area contributed by atoms with Crippen LogP contribution in [0.3, 0.4) is 0 Å². The Bertz CT molecular complexity index is 480. The van der Waals surface area contributed by atoms with Crippen LogP contribution in [0.2, 0.25) is 0 Å². The normalized spacial score (nSPS) is 18.0. The first kappa shape index (κ1) is 18.4. The molecule has 1 unspecified atom stereocenters. The fraction of sp³-hybridized carbons (Fsp3) is 0.706. The number of aryl methyl sites for hydroxylation is 1. The summed E-state index contributed by atoms with van der Waals surface area (Å²) in [5.41, 5.74) is 0. The number of thiophene rings is 1. The molecule has 0 aromatic carbocycles. The Morgan fingerprint density at radius 2 is 1.96 bits per heavy atom. The Balaban J connectivity index is 1.68. The van der Waals surface area contributed by atoms with E-state index in [4.69, 9.17) is 0 Å². The summed E-state index contributed by atoms with van der Waals surface area (Å²) in [5.74, 6) is 0.0964. The molecule has 1 aliphatic rings. The van der Waals surface area contributed by atoms with E-state index < -0.39 is 0 Å². The van der Waals surface area contributed by atoms with Crippen molar-refractivity contribution in [3.63, 3.8) is 0 Å². The minimum Gasteiger partial charge on any atom is -0.395 e. The topological polar surface area (TPSA) is 55.8 Å². The van der Waals surface area contributed by atoms with E-state index >= 15 is 0 Å². The second-order valence-corrected chi connectivity index (χ2v) is 7.31. The monoisotopic (exact) mass is 339 g/mol. The van der Waals surface area contributed by atoms with Crippen LogP contribution in [-0.2, 0) is 17.8 Å². The molecule has 1 saturated heterocycles. The van der Waals surface area contributed by atoms with Crippen molar-refractivity contribution in [2.45, 2.75) is 39.3 Å². The van der Waals surface area contributed by atoms with Gasteiger partial charge in [0.25, 0.3) is 0 Å².